The Balaban J connectivity index is 4.35. The number of nitrogens with two attached hydrogens (primary N) is 1. The molecule has 0 saturated carbocycles. The molecule has 0 amide bonds. The van der Waals surface area contributed by atoms with Crippen molar-refractivity contribution in [3.8, 4) is 0 Å². The maximum atomic E-state index is 5.54. The highest BCUT2D eigenvalue weighted by molar-refractivity contribution is 6.00. The lowest BCUT2D eigenvalue weighted by molar-refractivity contribution is 1.08. The Kier molecular flexibility index (Phi) is 5.75. The summed E-state index contributed by atoms with van der Waals surface area (Å²) in [5, 5.41) is 0. The molecule has 0 rings (SSSR count). The molecule has 0 aromatic rings. The largest absolute Gasteiger partial charge is 0.326 e. The van der Waals surface area contributed by atoms with Gasteiger partial charge in [0.15, 0.2) is 0 Å². The first-order valence-electron chi connectivity index (χ1n) is 4.19. The molecule has 0 aromatic heterocycles. The molecular formula is C9H18N2. The maximum Gasteiger partial charge on any atom is 0.0386 e. The highest BCUT2D eigenvalue weighted by Gasteiger charge is 1.99. The van der Waals surface area contributed by atoms with Crippen LogP contribution >= 0.6 is 0 Å². The van der Waals surface area contributed by atoms with Gasteiger partial charge >= 0.3 is 0 Å². The molecule has 11 heavy (non-hydrogen) atoms. The fraction of sp³-hybridized carbons (Fsp3) is 0.667. The monoisotopic (exact) mass is 154 g/mol. The van der Waals surface area contributed by atoms with Crippen molar-refractivity contribution in [1.82, 2.24) is 0 Å². The van der Waals surface area contributed by atoms with E-state index in [9.17, 15) is 0 Å². The van der Waals surface area contributed by atoms with Crippen molar-refractivity contribution in [3.63, 3.8) is 0 Å². The Morgan fingerprint density at radius 3 is 2.36 bits per heavy atom. The van der Waals surface area contributed by atoms with Crippen LogP contribution in [-0.2, 0) is 0 Å². The van der Waals surface area contributed by atoms with Crippen molar-refractivity contribution in [3.05, 3.63) is 11.6 Å². The summed E-state index contributed by atoms with van der Waals surface area (Å²) in [5.74, 6) is 0. The summed E-state index contributed by atoms with van der Waals surface area (Å²) in [7, 11) is 0. The third-order valence-corrected chi connectivity index (χ3v) is 1.62. The zero-order valence-corrected chi connectivity index (χ0v) is 7.72. The molecular weight excluding hydrogens is 136 g/mol. The van der Waals surface area contributed by atoms with Crippen molar-refractivity contribution in [1.29, 1.82) is 0 Å². The Bertz CT molecular complexity index is 157. The average Bonchev–Trinajstić information content (AvgIpc) is 2.05. The number of hydrogen-bond acceptors (Lipinski definition) is 2. The second-order valence-corrected chi connectivity index (χ2v) is 2.29. The quantitative estimate of drug-likeness (QED) is 0.616. The molecule has 2 N–H and O–H groups in total. The average molecular weight is 154 g/mol. The van der Waals surface area contributed by atoms with Gasteiger partial charge < -0.3 is 5.73 Å². The van der Waals surface area contributed by atoms with Gasteiger partial charge in [-0.25, -0.2) is 0 Å². The minimum atomic E-state index is 0.600. The molecule has 0 atom stereocenters. The first-order chi connectivity index (χ1) is 5.29. The van der Waals surface area contributed by atoms with E-state index in [-0.39, 0.29) is 0 Å². The molecule has 0 aliphatic heterocycles. The van der Waals surface area contributed by atoms with Crippen LogP contribution in [0.25, 0.3) is 0 Å². The van der Waals surface area contributed by atoms with Crippen molar-refractivity contribution >= 4 is 5.71 Å². The standard InChI is InChI=1S/C9H18N2/c1-4-8(7-10)9(5-2)11-6-3/h4H,5-7,10H2,1-3H3/b8-4-,11-9?. The molecule has 0 heterocycles. The van der Waals surface area contributed by atoms with Crippen LogP contribution in [0.15, 0.2) is 16.6 Å². The van der Waals surface area contributed by atoms with E-state index in [1.54, 1.807) is 0 Å². The van der Waals surface area contributed by atoms with Gasteiger partial charge in [0.1, 0.15) is 0 Å². The van der Waals surface area contributed by atoms with Crippen molar-refractivity contribution in [2.24, 2.45) is 10.7 Å². The summed E-state index contributed by atoms with van der Waals surface area (Å²) in [5.41, 5.74) is 7.87. The number of allylic oxidation sites excluding steroid dienone is 1. The molecule has 0 saturated heterocycles. The van der Waals surface area contributed by atoms with Gasteiger partial charge in [-0.05, 0) is 25.8 Å². The molecule has 0 bridgehead atoms. The maximum absolute atomic E-state index is 5.54. The fourth-order valence-electron chi connectivity index (χ4n) is 1.03. The van der Waals surface area contributed by atoms with Crippen LogP contribution in [0.5, 0.6) is 0 Å². The van der Waals surface area contributed by atoms with Crippen LogP contribution in [0.3, 0.4) is 0 Å². The SMILES string of the molecule is C/C=C(/CN)C(CC)=NCC. The van der Waals surface area contributed by atoms with Crippen LogP contribution in [0.1, 0.15) is 27.2 Å². The lowest BCUT2D eigenvalue weighted by Gasteiger charge is -2.05. The van der Waals surface area contributed by atoms with E-state index in [4.69, 9.17) is 5.73 Å². The Morgan fingerprint density at radius 2 is 2.09 bits per heavy atom. The molecule has 0 spiro atoms. The van der Waals surface area contributed by atoms with E-state index in [2.05, 4.69) is 11.9 Å². The molecule has 0 unspecified atom stereocenters. The molecule has 0 aliphatic carbocycles. The lowest BCUT2D eigenvalue weighted by atomic mass is 10.1. The van der Waals surface area contributed by atoms with Gasteiger partial charge in [-0.1, -0.05) is 13.0 Å². The second-order valence-electron chi connectivity index (χ2n) is 2.29. The minimum Gasteiger partial charge on any atom is -0.326 e. The number of nitrogens with zero attached hydrogens (tertiary/aromatic N) is 1. The topological polar surface area (TPSA) is 38.4 Å². The van der Waals surface area contributed by atoms with E-state index < -0.39 is 0 Å². The smallest absolute Gasteiger partial charge is 0.0386 e. The fourth-order valence-corrected chi connectivity index (χ4v) is 1.03. The van der Waals surface area contributed by atoms with Crippen LogP contribution in [0.4, 0.5) is 0 Å². The zero-order valence-electron chi connectivity index (χ0n) is 7.72. The number of hydrogen-bond donors (Lipinski definition) is 1. The molecule has 0 fully saturated rings. The first-order valence-corrected chi connectivity index (χ1v) is 4.19. The Hall–Kier alpha value is -0.630. The van der Waals surface area contributed by atoms with Crippen molar-refractivity contribution in [2.75, 3.05) is 13.1 Å². The summed E-state index contributed by atoms with van der Waals surface area (Å²) < 4.78 is 0. The van der Waals surface area contributed by atoms with Crippen LogP contribution < -0.4 is 5.73 Å². The first kappa shape index (κ1) is 10.4. The highest BCUT2D eigenvalue weighted by Crippen LogP contribution is 2.00. The summed E-state index contributed by atoms with van der Waals surface area (Å²) in [4.78, 5) is 4.35. The predicted octanol–water partition coefficient (Wildman–Crippen LogP) is 1.76. The summed E-state index contributed by atoms with van der Waals surface area (Å²) in [6.45, 7) is 7.60. The van der Waals surface area contributed by atoms with E-state index in [0.29, 0.717) is 6.54 Å². The minimum absolute atomic E-state index is 0.600. The normalized spacial score (nSPS) is 13.8. The van der Waals surface area contributed by atoms with Gasteiger partial charge in [0.25, 0.3) is 0 Å². The van der Waals surface area contributed by atoms with Crippen LogP contribution in [-0.4, -0.2) is 18.8 Å². The van der Waals surface area contributed by atoms with Gasteiger partial charge in [-0.3, -0.25) is 4.99 Å². The third-order valence-electron chi connectivity index (χ3n) is 1.62. The lowest BCUT2D eigenvalue weighted by Crippen LogP contribution is -2.12. The second kappa shape index (κ2) is 6.10. The van der Waals surface area contributed by atoms with Crippen molar-refractivity contribution < 1.29 is 0 Å². The zero-order chi connectivity index (χ0) is 8.69. The van der Waals surface area contributed by atoms with Crippen molar-refractivity contribution in [2.45, 2.75) is 27.2 Å². The van der Waals surface area contributed by atoms with E-state index in [1.807, 2.05) is 19.9 Å². The predicted molar refractivity (Wildman–Crippen MR) is 51.1 cm³/mol. The van der Waals surface area contributed by atoms with E-state index >= 15 is 0 Å². The van der Waals surface area contributed by atoms with Gasteiger partial charge in [0.2, 0.25) is 0 Å². The molecule has 0 aliphatic rings. The van der Waals surface area contributed by atoms with E-state index in [1.165, 1.54) is 5.57 Å². The number of rotatable bonds is 4. The van der Waals surface area contributed by atoms with E-state index in [0.717, 1.165) is 18.7 Å². The molecule has 0 radical (unpaired) electrons. The molecule has 64 valence electrons. The summed E-state index contributed by atoms with van der Waals surface area (Å²) in [6.07, 6.45) is 3.02. The van der Waals surface area contributed by atoms with Gasteiger partial charge in [-0.2, -0.15) is 0 Å². The van der Waals surface area contributed by atoms with Gasteiger partial charge in [0, 0.05) is 18.8 Å². The van der Waals surface area contributed by atoms with Crippen LogP contribution in [0.2, 0.25) is 0 Å². The summed E-state index contributed by atoms with van der Waals surface area (Å²) >= 11 is 0. The number of aliphatic imine (C=N–C) groups is 1. The van der Waals surface area contributed by atoms with Gasteiger partial charge in [-0.15, -0.1) is 0 Å². The Morgan fingerprint density at radius 1 is 1.45 bits per heavy atom. The van der Waals surface area contributed by atoms with Gasteiger partial charge in [0.05, 0.1) is 0 Å². The summed E-state index contributed by atoms with van der Waals surface area (Å²) in [6, 6.07) is 0. The third kappa shape index (κ3) is 3.33. The van der Waals surface area contributed by atoms with Crippen LogP contribution in [0, 0.1) is 0 Å². The molecule has 2 heteroatoms. The Labute approximate surface area is 69.2 Å². The highest BCUT2D eigenvalue weighted by atomic mass is 14.7. The molecule has 0 aromatic carbocycles. The molecule has 2 nitrogen and oxygen atoms in total.